The molecule has 0 fully saturated rings. The molecule has 2 rings (SSSR count). The molecule has 1 N–H and O–H groups in total. The first-order chi connectivity index (χ1) is 9.36. The van der Waals surface area contributed by atoms with Crippen LogP contribution in [0.1, 0.15) is 30.5 Å². The molecule has 0 atom stereocenters. The maximum absolute atomic E-state index is 4.62. The third-order valence-corrected chi connectivity index (χ3v) is 4.44. The van der Waals surface area contributed by atoms with E-state index in [2.05, 4.69) is 87.5 Å². The van der Waals surface area contributed by atoms with Crippen molar-refractivity contribution in [2.45, 2.75) is 37.3 Å². The van der Waals surface area contributed by atoms with E-state index in [1.165, 1.54) is 27.3 Å². The molecular weight excluding hydrogens is 282 g/mol. The molecule has 0 aliphatic rings. The van der Waals surface area contributed by atoms with Crippen molar-refractivity contribution in [3.8, 4) is 0 Å². The summed E-state index contributed by atoms with van der Waals surface area (Å²) in [7, 11) is 0. The number of anilines is 1. The fourth-order valence-corrected chi connectivity index (χ4v) is 2.85. The summed E-state index contributed by atoms with van der Waals surface area (Å²) in [6.07, 6.45) is 0. The Hall–Kier alpha value is -1.06. The van der Waals surface area contributed by atoms with Gasteiger partial charge in [-0.15, -0.1) is 0 Å². The minimum absolute atomic E-state index is 0.0992. The Labute approximate surface area is 131 Å². The average molecular weight is 305 g/mol. The summed E-state index contributed by atoms with van der Waals surface area (Å²) in [4.78, 5) is 1.27. The molecule has 0 saturated heterocycles. The van der Waals surface area contributed by atoms with E-state index in [1.807, 2.05) is 0 Å². The fraction of sp³-hybridized carbons (Fsp3) is 0.294. The van der Waals surface area contributed by atoms with Crippen molar-refractivity contribution in [3.05, 3.63) is 59.2 Å². The molecule has 20 heavy (non-hydrogen) atoms. The molecule has 0 unspecified atom stereocenters. The number of aryl methyl sites for hydroxylation is 2. The number of hydrogen-bond acceptors (Lipinski definition) is 2. The summed E-state index contributed by atoms with van der Waals surface area (Å²) in [6.45, 7) is 8.47. The summed E-state index contributed by atoms with van der Waals surface area (Å²) in [5, 5.41) is 0. The minimum Gasteiger partial charge on any atom is -0.204 e. The molecule has 0 aromatic heterocycles. The van der Waals surface area contributed by atoms with Gasteiger partial charge >= 0.3 is 0 Å². The van der Waals surface area contributed by atoms with Crippen molar-refractivity contribution in [1.82, 2.24) is 0 Å². The van der Waals surface area contributed by atoms with Gasteiger partial charge in [0, 0.05) is 4.75 Å². The van der Waals surface area contributed by atoms with Gasteiger partial charge in [-0.2, -0.15) is 12.6 Å². The van der Waals surface area contributed by atoms with Crippen LogP contribution in [0, 0.1) is 13.8 Å². The zero-order valence-corrected chi connectivity index (χ0v) is 14.2. The number of nitrogens with one attached hydrogen (secondary N) is 1. The highest BCUT2D eigenvalue weighted by molar-refractivity contribution is 7.81. The van der Waals surface area contributed by atoms with Crippen LogP contribution in [0.5, 0.6) is 0 Å². The van der Waals surface area contributed by atoms with Crippen LogP contribution in [0.4, 0.5) is 5.69 Å². The second-order valence-corrected chi connectivity index (χ2v) is 7.73. The second kappa shape index (κ2) is 6.15. The third-order valence-electron chi connectivity index (χ3n) is 3.27. The highest BCUT2D eigenvalue weighted by atomic mass is 32.2. The standard InChI is InChI=1S/C17H21NS2/c1-12-5-8-15(9-6-12)20-18-16-10-7-14(11-13(16)2)17(3,4)19/h5-11,18-19H,1-4H3/p+1. The van der Waals surface area contributed by atoms with Gasteiger partial charge < -0.3 is 0 Å². The first-order valence-electron chi connectivity index (χ1n) is 6.73. The van der Waals surface area contributed by atoms with E-state index in [1.54, 1.807) is 0 Å². The van der Waals surface area contributed by atoms with Crippen LogP contribution in [-0.4, -0.2) is 0 Å². The van der Waals surface area contributed by atoms with Gasteiger partial charge in [0.15, 0.2) is 4.90 Å². The zero-order chi connectivity index (χ0) is 14.8. The van der Waals surface area contributed by atoms with Gasteiger partial charge in [-0.1, -0.05) is 29.8 Å². The van der Waals surface area contributed by atoms with Crippen molar-refractivity contribution >= 4 is 30.3 Å². The molecule has 0 spiro atoms. The lowest BCUT2D eigenvalue weighted by Gasteiger charge is -2.19. The normalized spacial score (nSPS) is 11.4. The molecule has 1 nitrogen and oxygen atoms in total. The Morgan fingerprint density at radius 1 is 1.00 bits per heavy atom. The van der Waals surface area contributed by atoms with Crippen molar-refractivity contribution in [2.75, 3.05) is 4.72 Å². The Balaban J connectivity index is 2.08. The Morgan fingerprint density at radius 2 is 1.65 bits per heavy atom. The van der Waals surface area contributed by atoms with Crippen molar-refractivity contribution < 1.29 is 0 Å². The topological polar surface area (TPSA) is 12.0 Å². The number of thiol groups is 2. The van der Waals surface area contributed by atoms with Crippen molar-refractivity contribution in [3.63, 3.8) is 0 Å². The van der Waals surface area contributed by atoms with Gasteiger partial charge in [-0.05, 0) is 57.0 Å². The molecule has 0 amide bonds. The number of hydrogen-bond donors (Lipinski definition) is 2. The predicted molar refractivity (Wildman–Crippen MR) is 95.0 cm³/mol. The number of benzene rings is 2. The van der Waals surface area contributed by atoms with E-state index in [4.69, 9.17) is 0 Å². The molecule has 2 aromatic rings. The van der Waals surface area contributed by atoms with E-state index in [9.17, 15) is 0 Å². The van der Waals surface area contributed by atoms with Crippen LogP contribution in [-0.2, 0) is 16.7 Å². The Morgan fingerprint density at radius 3 is 2.20 bits per heavy atom. The maximum Gasteiger partial charge on any atom is 0.179 e. The molecule has 0 radical (unpaired) electrons. The predicted octanol–water partition coefficient (Wildman–Crippen LogP) is 4.67. The molecule has 3 heteroatoms. The van der Waals surface area contributed by atoms with Crippen molar-refractivity contribution in [1.29, 1.82) is 0 Å². The lowest BCUT2D eigenvalue weighted by Crippen LogP contribution is -2.08. The van der Waals surface area contributed by atoms with Gasteiger partial charge in [0.2, 0.25) is 0 Å². The van der Waals surface area contributed by atoms with Gasteiger partial charge in [0.25, 0.3) is 0 Å². The second-order valence-electron chi connectivity index (χ2n) is 5.65. The fourth-order valence-electron chi connectivity index (χ4n) is 1.91. The Bertz CT molecular complexity index is 583. The van der Waals surface area contributed by atoms with E-state index >= 15 is 0 Å². The first kappa shape index (κ1) is 15.3. The van der Waals surface area contributed by atoms with E-state index < -0.39 is 0 Å². The molecular formula is C17H22NS2+. The minimum atomic E-state index is -0.0992. The van der Waals surface area contributed by atoms with Crippen LogP contribution in [0.3, 0.4) is 0 Å². The van der Waals surface area contributed by atoms with Crippen LogP contribution in [0.25, 0.3) is 0 Å². The van der Waals surface area contributed by atoms with Crippen molar-refractivity contribution in [2.24, 2.45) is 0 Å². The van der Waals surface area contributed by atoms with Crippen LogP contribution < -0.4 is 4.72 Å². The SMILES string of the molecule is Cc1ccc([SH+]Nc2ccc(C(C)(C)S)cc2C)cc1. The van der Waals surface area contributed by atoms with Gasteiger partial charge in [0.1, 0.15) is 11.9 Å². The van der Waals surface area contributed by atoms with E-state index in [0.29, 0.717) is 0 Å². The zero-order valence-electron chi connectivity index (χ0n) is 12.4. The molecule has 106 valence electrons. The average Bonchev–Trinajstić information content (AvgIpc) is 2.38. The van der Waals surface area contributed by atoms with Gasteiger partial charge in [0.05, 0.1) is 5.69 Å². The summed E-state index contributed by atoms with van der Waals surface area (Å²) < 4.78 is 3.38. The summed E-state index contributed by atoms with van der Waals surface area (Å²) in [6, 6.07) is 15.1. The third kappa shape index (κ3) is 3.97. The molecule has 0 bridgehead atoms. The molecule has 0 aliphatic heterocycles. The lowest BCUT2D eigenvalue weighted by atomic mass is 9.99. The molecule has 2 aromatic carbocycles. The van der Waals surface area contributed by atoms with Crippen LogP contribution >= 0.6 is 12.6 Å². The quantitative estimate of drug-likeness (QED) is 0.618. The lowest BCUT2D eigenvalue weighted by molar-refractivity contribution is 0.790. The highest BCUT2D eigenvalue weighted by Crippen LogP contribution is 2.30. The van der Waals surface area contributed by atoms with Crippen LogP contribution in [0.2, 0.25) is 0 Å². The molecule has 0 heterocycles. The summed E-state index contributed by atoms with van der Waals surface area (Å²) >= 11 is 5.74. The van der Waals surface area contributed by atoms with E-state index in [-0.39, 0.29) is 4.75 Å². The number of rotatable bonds is 4. The smallest absolute Gasteiger partial charge is 0.179 e. The van der Waals surface area contributed by atoms with Gasteiger partial charge in [-0.25, -0.2) is 4.72 Å². The molecule has 0 aliphatic carbocycles. The first-order valence-corrected chi connectivity index (χ1v) is 8.07. The van der Waals surface area contributed by atoms with Gasteiger partial charge in [-0.3, -0.25) is 0 Å². The Kier molecular flexibility index (Phi) is 4.71. The summed E-state index contributed by atoms with van der Waals surface area (Å²) in [5.74, 6) is 0. The monoisotopic (exact) mass is 304 g/mol. The largest absolute Gasteiger partial charge is 0.204 e. The highest BCUT2D eigenvalue weighted by Gasteiger charge is 2.16. The van der Waals surface area contributed by atoms with E-state index in [0.717, 1.165) is 11.9 Å². The maximum atomic E-state index is 4.62. The van der Waals surface area contributed by atoms with Crippen LogP contribution in [0.15, 0.2) is 47.4 Å². The summed E-state index contributed by atoms with van der Waals surface area (Å²) in [5.41, 5.74) is 4.97. The molecule has 0 saturated carbocycles.